The number of likely N-dealkylation sites (N-methyl/N-ethyl adjacent to an activating group) is 1. The van der Waals surface area contributed by atoms with Crippen molar-refractivity contribution in [3.05, 3.63) is 24.3 Å². The van der Waals surface area contributed by atoms with Crippen molar-refractivity contribution in [2.45, 2.75) is 13.0 Å². The lowest BCUT2D eigenvalue weighted by Gasteiger charge is -2.11. The van der Waals surface area contributed by atoms with Crippen LogP contribution in [0.5, 0.6) is 0 Å². The van der Waals surface area contributed by atoms with Crippen molar-refractivity contribution >= 4 is 5.91 Å². The second-order valence-electron chi connectivity index (χ2n) is 2.91. The molecular weight excluding hydrogens is 180 g/mol. The Morgan fingerprint density at radius 3 is 2.93 bits per heavy atom. The molecular formula is C9H14N4O. The third-order valence-corrected chi connectivity index (χ3v) is 1.87. The molecule has 0 saturated heterocycles. The first-order chi connectivity index (χ1) is 6.74. The summed E-state index contributed by atoms with van der Waals surface area (Å²) in [5.41, 5.74) is 0.830. The van der Waals surface area contributed by atoms with Crippen LogP contribution in [0, 0.1) is 0 Å². The topological polar surface area (TPSA) is 66.9 Å². The maximum atomic E-state index is 10.9. The van der Waals surface area contributed by atoms with Gasteiger partial charge < -0.3 is 10.6 Å². The minimum absolute atomic E-state index is 0.0287. The molecule has 0 aliphatic rings. The smallest absolute Gasteiger partial charge is 0.233 e. The summed E-state index contributed by atoms with van der Waals surface area (Å²) in [4.78, 5) is 19.0. The highest BCUT2D eigenvalue weighted by Gasteiger charge is 2.07. The fourth-order valence-corrected chi connectivity index (χ4v) is 0.973. The second-order valence-corrected chi connectivity index (χ2v) is 2.91. The van der Waals surface area contributed by atoms with E-state index in [1.807, 2.05) is 6.92 Å². The van der Waals surface area contributed by atoms with Crippen LogP contribution in [0.1, 0.15) is 18.7 Å². The van der Waals surface area contributed by atoms with Crippen molar-refractivity contribution in [3.63, 3.8) is 0 Å². The molecule has 0 aliphatic carbocycles. The van der Waals surface area contributed by atoms with E-state index in [4.69, 9.17) is 0 Å². The normalized spacial score (nSPS) is 12.1. The van der Waals surface area contributed by atoms with Crippen molar-refractivity contribution in [3.8, 4) is 0 Å². The molecule has 76 valence electrons. The minimum atomic E-state index is -0.0410. The van der Waals surface area contributed by atoms with Crippen LogP contribution in [0.25, 0.3) is 0 Å². The maximum Gasteiger partial charge on any atom is 0.233 e. The van der Waals surface area contributed by atoms with Crippen LogP contribution in [-0.4, -0.2) is 29.5 Å². The van der Waals surface area contributed by atoms with Crippen molar-refractivity contribution < 1.29 is 4.79 Å². The van der Waals surface area contributed by atoms with Crippen LogP contribution in [0.4, 0.5) is 0 Å². The predicted molar refractivity (Wildman–Crippen MR) is 52.5 cm³/mol. The lowest BCUT2D eigenvalue weighted by molar-refractivity contribution is -0.119. The molecule has 0 fully saturated rings. The third-order valence-electron chi connectivity index (χ3n) is 1.87. The van der Waals surface area contributed by atoms with Gasteiger partial charge in [0.2, 0.25) is 5.91 Å². The van der Waals surface area contributed by atoms with E-state index in [2.05, 4.69) is 20.6 Å². The molecule has 2 N–H and O–H groups in total. The van der Waals surface area contributed by atoms with Gasteiger partial charge in [-0.25, -0.2) is 0 Å². The number of hydrogen-bond acceptors (Lipinski definition) is 4. The molecule has 1 atom stereocenters. The Morgan fingerprint density at radius 2 is 2.36 bits per heavy atom. The molecule has 0 aromatic carbocycles. The fourth-order valence-electron chi connectivity index (χ4n) is 0.973. The van der Waals surface area contributed by atoms with E-state index in [9.17, 15) is 4.79 Å². The van der Waals surface area contributed by atoms with Crippen LogP contribution in [0.3, 0.4) is 0 Å². The van der Waals surface area contributed by atoms with Gasteiger partial charge in [0, 0.05) is 31.7 Å². The molecule has 5 heteroatoms. The van der Waals surface area contributed by atoms with Crippen LogP contribution in [0.15, 0.2) is 18.6 Å². The first-order valence-electron chi connectivity index (χ1n) is 4.44. The Kier molecular flexibility index (Phi) is 4.00. The number of carbonyl (C=O) groups excluding carboxylic acids is 1. The van der Waals surface area contributed by atoms with E-state index in [0.29, 0.717) is 0 Å². The van der Waals surface area contributed by atoms with Gasteiger partial charge in [-0.1, -0.05) is 0 Å². The first-order valence-corrected chi connectivity index (χ1v) is 4.44. The van der Waals surface area contributed by atoms with Crippen LogP contribution >= 0.6 is 0 Å². The number of carbonyl (C=O) groups is 1. The number of nitrogens with zero attached hydrogens (tertiary/aromatic N) is 2. The zero-order valence-corrected chi connectivity index (χ0v) is 8.32. The van der Waals surface area contributed by atoms with Crippen LogP contribution < -0.4 is 10.6 Å². The summed E-state index contributed by atoms with van der Waals surface area (Å²) in [6.07, 6.45) is 4.93. The molecule has 1 amide bonds. The van der Waals surface area contributed by atoms with Crippen molar-refractivity contribution in [2.24, 2.45) is 0 Å². The molecule has 14 heavy (non-hydrogen) atoms. The first kappa shape index (κ1) is 10.6. The second kappa shape index (κ2) is 5.29. The Bertz CT molecular complexity index is 288. The molecule has 5 nitrogen and oxygen atoms in total. The zero-order valence-electron chi connectivity index (χ0n) is 8.32. The van der Waals surface area contributed by atoms with E-state index in [1.54, 1.807) is 25.6 Å². The Hall–Kier alpha value is -1.49. The fraction of sp³-hybridized carbons (Fsp3) is 0.444. The highest BCUT2D eigenvalue weighted by molar-refractivity contribution is 5.77. The number of hydrogen-bond donors (Lipinski definition) is 2. The summed E-state index contributed by atoms with van der Waals surface area (Å²) in [5.74, 6) is -0.0410. The molecule has 0 saturated carbocycles. The third kappa shape index (κ3) is 3.10. The van der Waals surface area contributed by atoms with Crippen LogP contribution in [0.2, 0.25) is 0 Å². The Balaban J connectivity index is 2.43. The molecule has 0 bridgehead atoms. The van der Waals surface area contributed by atoms with E-state index in [1.165, 1.54) is 0 Å². The zero-order chi connectivity index (χ0) is 10.4. The van der Waals surface area contributed by atoms with E-state index >= 15 is 0 Å². The molecule has 0 aliphatic heterocycles. The van der Waals surface area contributed by atoms with Gasteiger partial charge in [-0.2, -0.15) is 0 Å². The summed E-state index contributed by atoms with van der Waals surface area (Å²) < 4.78 is 0. The van der Waals surface area contributed by atoms with Crippen molar-refractivity contribution in [1.82, 2.24) is 20.6 Å². The molecule has 1 aromatic rings. The van der Waals surface area contributed by atoms with Crippen molar-refractivity contribution in [2.75, 3.05) is 13.6 Å². The average Bonchev–Trinajstić information content (AvgIpc) is 2.26. The van der Waals surface area contributed by atoms with E-state index in [0.717, 1.165) is 5.69 Å². The van der Waals surface area contributed by atoms with Crippen LogP contribution in [-0.2, 0) is 4.79 Å². The van der Waals surface area contributed by atoms with E-state index < -0.39 is 0 Å². The molecule has 0 spiro atoms. The molecule has 1 unspecified atom stereocenters. The summed E-state index contributed by atoms with van der Waals surface area (Å²) in [6.45, 7) is 2.22. The number of rotatable bonds is 4. The molecule has 1 aromatic heterocycles. The molecule has 1 rings (SSSR count). The van der Waals surface area contributed by atoms with E-state index in [-0.39, 0.29) is 18.5 Å². The van der Waals surface area contributed by atoms with Crippen molar-refractivity contribution in [1.29, 1.82) is 0 Å². The molecule has 1 heterocycles. The summed E-state index contributed by atoms with van der Waals surface area (Å²) >= 11 is 0. The minimum Gasteiger partial charge on any atom is -0.358 e. The summed E-state index contributed by atoms with van der Waals surface area (Å²) in [6, 6.07) is 0.0287. The van der Waals surface area contributed by atoms with Gasteiger partial charge in [-0.05, 0) is 6.92 Å². The quantitative estimate of drug-likeness (QED) is 0.701. The predicted octanol–water partition coefficient (Wildman–Crippen LogP) is -0.127. The van der Waals surface area contributed by atoms with Gasteiger partial charge in [-0.15, -0.1) is 0 Å². The highest BCUT2D eigenvalue weighted by atomic mass is 16.1. The monoisotopic (exact) mass is 194 g/mol. The summed E-state index contributed by atoms with van der Waals surface area (Å²) in [7, 11) is 1.61. The average molecular weight is 194 g/mol. The van der Waals surface area contributed by atoms with Gasteiger partial charge in [-0.3, -0.25) is 14.8 Å². The standard InChI is InChI=1S/C9H14N4O/c1-7(13-6-9(14)10-2)8-5-11-3-4-12-8/h3-5,7,13H,6H2,1-2H3,(H,10,14). The largest absolute Gasteiger partial charge is 0.358 e. The van der Waals surface area contributed by atoms with Gasteiger partial charge in [0.25, 0.3) is 0 Å². The lowest BCUT2D eigenvalue weighted by Crippen LogP contribution is -2.33. The Labute approximate surface area is 83.0 Å². The van der Waals surface area contributed by atoms with Gasteiger partial charge in [0.05, 0.1) is 12.2 Å². The SMILES string of the molecule is CNC(=O)CNC(C)c1cnccn1. The number of aromatic nitrogens is 2. The number of nitrogens with one attached hydrogen (secondary N) is 2. The summed E-state index contributed by atoms with van der Waals surface area (Å²) in [5, 5.41) is 5.57. The Morgan fingerprint density at radius 1 is 1.57 bits per heavy atom. The van der Waals surface area contributed by atoms with Gasteiger partial charge in [0.15, 0.2) is 0 Å². The lowest BCUT2D eigenvalue weighted by atomic mass is 10.2. The van der Waals surface area contributed by atoms with Gasteiger partial charge in [0.1, 0.15) is 0 Å². The number of amides is 1. The molecule has 0 radical (unpaired) electrons. The maximum absolute atomic E-state index is 10.9. The van der Waals surface area contributed by atoms with Gasteiger partial charge >= 0.3 is 0 Å². The highest BCUT2D eigenvalue weighted by Crippen LogP contribution is 2.05.